The maximum atomic E-state index is 11.0. The van der Waals surface area contributed by atoms with E-state index in [9.17, 15) is 15.2 Å². The summed E-state index contributed by atoms with van der Waals surface area (Å²) >= 11 is 0. The molecule has 1 aliphatic heterocycles. The van der Waals surface area contributed by atoms with E-state index in [0.717, 1.165) is 6.20 Å². The Kier molecular flexibility index (Phi) is 3.45. The van der Waals surface area contributed by atoms with Crippen LogP contribution in [0.15, 0.2) is 18.3 Å². The van der Waals surface area contributed by atoms with Crippen LogP contribution in [0.2, 0.25) is 0 Å². The highest BCUT2D eigenvalue weighted by Gasteiger charge is 2.22. The molecule has 1 aliphatic rings. The molecular formula is C13H12N3O4-. The quantitative estimate of drug-likeness (QED) is 0.464. The zero-order chi connectivity index (χ0) is 14.9. The van der Waals surface area contributed by atoms with Crippen molar-refractivity contribution in [2.24, 2.45) is 0 Å². The molecule has 1 aromatic rings. The van der Waals surface area contributed by atoms with Crippen LogP contribution >= 0.6 is 0 Å². The van der Waals surface area contributed by atoms with Gasteiger partial charge in [0.2, 0.25) is 0 Å². The van der Waals surface area contributed by atoms with Gasteiger partial charge in [-0.1, -0.05) is 0 Å². The number of benzene rings is 1. The van der Waals surface area contributed by atoms with Crippen LogP contribution in [0.4, 0.5) is 0 Å². The van der Waals surface area contributed by atoms with Crippen molar-refractivity contribution in [2.45, 2.75) is 20.0 Å². The zero-order valence-corrected chi connectivity index (χ0v) is 10.9. The first kappa shape index (κ1) is 13.6. The number of aliphatic hydroxyl groups excluding tert-OH is 1. The summed E-state index contributed by atoms with van der Waals surface area (Å²) in [7, 11) is 0. The number of hydrogen-bond donors (Lipinski definition) is 2. The van der Waals surface area contributed by atoms with Crippen molar-refractivity contribution in [3.05, 3.63) is 49.9 Å². The second kappa shape index (κ2) is 5.07. The first-order valence-electron chi connectivity index (χ1n) is 5.86. The van der Waals surface area contributed by atoms with Crippen LogP contribution in [-0.4, -0.2) is 22.0 Å². The molecule has 0 amide bonds. The van der Waals surface area contributed by atoms with Crippen LogP contribution in [0.3, 0.4) is 0 Å². The molecule has 104 valence electrons. The average molecular weight is 274 g/mol. The lowest BCUT2D eigenvalue weighted by Gasteiger charge is -2.14. The molecule has 0 aliphatic carbocycles. The van der Waals surface area contributed by atoms with Crippen LogP contribution in [0.25, 0.3) is 17.0 Å². The highest BCUT2D eigenvalue weighted by atomic mass is 16.6. The van der Waals surface area contributed by atoms with E-state index in [4.69, 9.17) is 10.1 Å². The summed E-state index contributed by atoms with van der Waals surface area (Å²) in [6, 6.07) is 2.77. The molecule has 0 spiro atoms. The molecular weight excluding hydrogens is 262 g/mol. The molecule has 1 aromatic carbocycles. The zero-order valence-electron chi connectivity index (χ0n) is 10.9. The number of fused-ring (bicyclic) bond motifs is 1. The molecule has 0 fully saturated rings. The fourth-order valence-electron chi connectivity index (χ4n) is 1.87. The topological polar surface area (TPSA) is 107 Å². The summed E-state index contributed by atoms with van der Waals surface area (Å²) in [6.07, 6.45) is 0.922. The minimum atomic E-state index is -0.581. The van der Waals surface area contributed by atoms with E-state index in [1.807, 2.05) is 5.87 Å². The number of ether oxygens (including phenoxy) is 1. The number of nitro groups is 1. The van der Waals surface area contributed by atoms with E-state index in [0.29, 0.717) is 0 Å². The van der Waals surface area contributed by atoms with Crippen molar-refractivity contribution in [1.82, 2.24) is 5.32 Å². The second-order valence-corrected chi connectivity index (χ2v) is 4.45. The molecule has 0 atom stereocenters. The first-order valence-corrected chi connectivity index (χ1v) is 5.86. The molecule has 0 radical (unpaired) electrons. The monoisotopic (exact) mass is 274 g/mol. The van der Waals surface area contributed by atoms with Crippen LogP contribution in [-0.2, 0) is 0 Å². The largest absolute Gasteiger partial charge is 0.763 e. The van der Waals surface area contributed by atoms with Gasteiger partial charge in [-0.15, -0.1) is 0 Å². The van der Waals surface area contributed by atoms with E-state index in [-0.39, 0.29) is 39.4 Å². The third kappa shape index (κ3) is 2.34. The van der Waals surface area contributed by atoms with Gasteiger partial charge in [-0.05, 0) is 26.0 Å². The van der Waals surface area contributed by atoms with Gasteiger partial charge < -0.3 is 20.6 Å². The summed E-state index contributed by atoms with van der Waals surface area (Å²) in [4.78, 5) is 10.4. The van der Waals surface area contributed by atoms with Crippen molar-refractivity contribution in [1.29, 1.82) is 0 Å². The first-order chi connectivity index (χ1) is 9.43. The lowest BCUT2D eigenvalue weighted by atomic mass is 10.1. The second-order valence-electron chi connectivity index (χ2n) is 4.45. The minimum absolute atomic E-state index is 0.163. The third-order valence-electron chi connectivity index (χ3n) is 2.68. The summed E-state index contributed by atoms with van der Waals surface area (Å²) in [6.45, 7) is 3.59. The van der Waals surface area contributed by atoms with Gasteiger partial charge in [0, 0.05) is 5.22 Å². The summed E-state index contributed by atoms with van der Waals surface area (Å²) in [5.74, 6) is 2.00. The van der Waals surface area contributed by atoms with E-state index in [1.54, 1.807) is 13.8 Å². The highest BCUT2D eigenvalue weighted by molar-refractivity contribution is 5.69. The Morgan fingerprint density at radius 3 is 2.75 bits per heavy atom. The SMILES string of the molecule is CC(C)Oc1cc2c(cc1=C=[N-])C([N+](=O)[O-])=CNC=2O. The van der Waals surface area contributed by atoms with E-state index in [2.05, 4.69) is 5.32 Å². The van der Waals surface area contributed by atoms with Crippen LogP contribution < -0.4 is 20.5 Å². The van der Waals surface area contributed by atoms with Crippen molar-refractivity contribution in [2.75, 3.05) is 0 Å². The fourth-order valence-corrected chi connectivity index (χ4v) is 1.87. The van der Waals surface area contributed by atoms with Crippen LogP contribution in [0.5, 0.6) is 5.75 Å². The number of rotatable bonds is 3. The summed E-state index contributed by atoms with van der Waals surface area (Å²) in [5, 5.41) is 32.7. The van der Waals surface area contributed by atoms with Crippen molar-refractivity contribution < 1.29 is 14.8 Å². The maximum Gasteiger partial charge on any atom is 0.293 e. The van der Waals surface area contributed by atoms with Crippen LogP contribution in [0, 0.1) is 10.1 Å². The summed E-state index contributed by atoms with van der Waals surface area (Å²) in [5.41, 5.74) is -0.0377. The minimum Gasteiger partial charge on any atom is -0.763 e. The van der Waals surface area contributed by atoms with Gasteiger partial charge in [0.05, 0.1) is 28.0 Å². The van der Waals surface area contributed by atoms with Gasteiger partial charge in [0.25, 0.3) is 5.70 Å². The van der Waals surface area contributed by atoms with Crippen molar-refractivity contribution >= 4 is 17.4 Å². The lowest BCUT2D eigenvalue weighted by Crippen LogP contribution is -2.30. The Hall–Kier alpha value is -2.79. The number of aliphatic hydroxyl groups is 1. The predicted molar refractivity (Wildman–Crippen MR) is 73.1 cm³/mol. The Morgan fingerprint density at radius 2 is 2.20 bits per heavy atom. The molecule has 20 heavy (non-hydrogen) atoms. The highest BCUT2D eigenvalue weighted by Crippen LogP contribution is 2.15. The molecule has 2 N–H and O–H groups in total. The molecule has 2 rings (SSSR count). The molecule has 0 saturated heterocycles. The number of nitrogens with one attached hydrogen (secondary N) is 1. The van der Waals surface area contributed by atoms with Crippen LogP contribution in [0.1, 0.15) is 19.4 Å². The van der Waals surface area contributed by atoms with Crippen molar-refractivity contribution in [3.8, 4) is 5.75 Å². The molecule has 0 saturated carbocycles. The van der Waals surface area contributed by atoms with E-state index < -0.39 is 4.92 Å². The van der Waals surface area contributed by atoms with E-state index >= 15 is 0 Å². The van der Waals surface area contributed by atoms with Gasteiger partial charge in [-0.3, -0.25) is 16.0 Å². The third-order valence-corrected chi connectivity index (χ3v) is 2.68. The van der Waals surface area contributed by atoms with Gasteiger partial charge in [-0.25, -0.2) is 0 Å². The van der Waals surface area contributed by atoms with Gasteiger partial charge in [0.15, 0.2) is 5.88 Å². The fraction of sp³-hybridized carbons (Fsp3) is 0.231. The normalized spacial score (nSPS) is 13.2. The predicted octanol–water partition coefficient (Wildman–Crippen LogP) is 0.187. The van der Waals surface area contributed by atoms with Gasteiger partial charge >= 0.3 is 0 Å². The molecule has 0 unspecified atom stereocenters. The molecule has 7 nitrogen and oxygen atoms in total. The summed E-state index contributed by atoms with van der Waals surface area (Å²) < 4.78 is 5.48. The number of nitrogens with zero attached hydrogens (tertiary/aromatic N) is 2. The molecule has 0 bridgehead atoms. The maximum absolute atomic E-state index is 11.0. The molecule has 0 aromatic heterocycles. The Labute approximate surface area is 114 Å². The standard InChI is InChI=1S/C13H12N3O4/c1-7(2)20-12-4-10-9(3-8(12)5-14)11(16(18)19)6-15-13(10)17/h3-4,6-7,15,17H,1-2H3/q-1. The van der Waals surface area contributed by atoms with Gasteiger partial charge in [-0.2, -0.15) is 0 Å². The average Bonchev–Trinajstić information content (AvgIpc) is 2.38. The van der Waals surface area contributed by atoms with Crippen molar-refractivity contribution in [3.63, 3.8) is 0 Å². The van der Waals surface area contributed by atoms with Gasteiger partial charge in [0.1, 0.15) is 5.75 Å². The Bertz CT molecular complexity index is 746. The number of hydrogen-bond acceptors (Lipinski definition) is 5. The Morgan fingerprint density at radius 1 is 1.50 bits per heavy atom. The smallest absolute Gasteiger partial charge is 0.293 e. The Balaban J connectivity index is 2.76. The van der Waals surface area contributed by atoms with E-state index in [1.165, 1.54) is 12.1 Å². The lowest BCUT2D eigenvalue weighted by molar-refractivity contribution is -0.375. The molecule has 7 heteroatoms. The molecule has 1 heterocycles.